The van der Waals surface area contributed by atoms with Gasteiger partial charge in [0.25, 0.3) is 0 Å². The van der Waals surface area contributed by atoms with Gasteiger partial charge in [0.05, 0.1) is 18.8 Å². The molecule has 5 nitrogen and oxygen atoms in total. The first-order chi connectivity index (χ1) is 11.5. The van der Waals surface area contributed by atoms with Gasteiger partial charge >= 0.3 is 0 Å². The van der Waals surface area contributed by atoms with Crippen LogP contribution in [0.15, 0.2) is 24.3 Å². The fraction of sp³-hybridized carbons (Fsp3) is 0.632. The number of rotatable bonds is 8. The Hall–Kier alpha value is -1.43. The number of aliphatic hydroxyl groups is 1. The lowest BCUT2D eigenvalue weighted by Crippen LogP contribution is -2.51. The highest BCUT2D eigenvalue weighted by Crippen LogP contribution is 2.09. The van der Waals surface area contributed by atoms with E-state index in [1.165, 1.54) is 11.1 Å². The molecule has 1 aromatic rings. The Balaban J connectivity index is 1.69. The van der Waals surface area contributed by atoms with Gasteiger partial charge in [-0.25, -0.2) is 0 Å². The van der Waals surface area contributed by atoms with Gasteiger partial charge in [-0.05, 0) is 30.9 Å². The molecule has 1 aliphatic rings. The Kier molecular flexibility index (Phi) is 7.21. The van der Waals surface area contributed by atoms with Gasteiger partial charge in [-0.15, -0.1) is 0 Å². The number of nitrogens with one attached hydrogen (secondary N) is 1. The van der Waals surface area contributed by atoms with Gasteiger partial charge in [-0.1, -0.05) is 31.2 Å². The van der Waals surface area contributed by atoms with Crippen LogP contribution < -0.4 is 5.32 Å². The lowest BCUT2D eigenvalue weighted by molar-refractivity contribution is -0.122. The van der Waals surface area contributed by atoms with Crippen LogP contribution in [-0.4, -0.2) is 60.9 Å². The van der Waals surface area contributed by atoms with Crippen molar-refractivity contribution in [2.75, 3.05) is 39.4 Å². The third-order valence-corrected chi connectivity index (χ3v) is 4.41. The maximum absolute atomic E-state index is 12.0. The van der Waals surface area contributed by atoms with Crippen LogP contribution in [-0.2, 0) is 22.4 Å². The molecular formula is C19H30N2O3. The molecular weight excluding hydrogens is 304 g/mol. The van der Waals surface area contributed by atoms with Crippen molar-refractivity contribution in [1.82, 2.24) is 10.2 Å². The summed E-state index contributed by atoms with van der Waals surface area (Å²) in [6.45, 7) is 7.80. The predicted molar refractivity (Wildman–Crippen MR) is 95.0 cm³/mol. The number of morpholine rings is 1. The zero-order valence-electron chi connectivity index (χ0n) is 14.9. The maximum atomic E-state index is 12.0. The van der Waals surface area contributed by atoms with Crippen LogP contribution >= 0.6 is 0 Å². The molecule has 1 unspecified atom stereocenters. The summed E-state index contributed by atoms with van der Waals surface area (Å²) in [6, 6.07) is 8.39. The van der Waals surface area contributed by atoms with Crippen molar-refractivity contribution in [3.8, 4) is 0 Å². The van der Waals surface area contributed by atoms with Crippen LogP contribution in [0.4, 0.5) is 0 Å². The molecule has 1 amide bonds. The van der Waals surface area contributed by atoms with Crippen LogP contribution in [0.5, 0.6) is 0 Å². The molecule has 1 aromatic carbocycles. The van der Waals surface area contributed by atoms with Crippen molar-refractivity contribution in [1.29, 1.82) is 0 Å². The van der Waals surface area contributed by atoms with E-state index in [0.717, 1.165) is 25.9 Å². The lowest BCUT2D eigenvalue weighted by Gasteiger charge is -2.33. The summed E-state index contributed by atoms with van der Waals surface area (Å²) in [5.74, 6) is -0.0168. The zero-order chi connectivity index (χ0) is 17.4. The summed E-state index contributed by atoms with van der Waals surface area (Å²) in [5.41, 5.74) is 1.56. The number of aryl methyl sites for hydroxylation is 2. The third-order valence-electron chi connectivity index (χ3n) is 4.41. The molecule has 134 valence electrons. The van der Waals surface area contributed by atoms with Crippen molar-refractivity contribution in [3.05, 3.63) is 35.4 Å². The van der Waals surface area contributed by atoms with E-state index < -0.39 is 5.60 Å². The summed E-state index contributed by atoms with van der Waals surface area (Å²) in [6.07, 6.45) is 2.19. The minimum Gasteiger partial charge on any atom is -0.387 e. The Morgan fingerprint density at radius 1 is 1.25 bits per heavy atom. The fourth-order valence-electron chi connectivity index (χ4n) is 2.87. The van der Waals surface area contributed by atoms with Gasteiger partial charge in [-0.2, -0.15) is 0 Å². The van der Waals surface area contributed by atoms with Crippen LogP contribution in [0.25, 0.3) is 0 Å². The molecule has 2 N–H and O–H groups in total. The molecule has 0 aliphatic carbocycles. The van der Waals surface area contributed by atoms with E-state index in [2.05, 4.69) is 41.4 Å². The number of benzene rings is 1. The largest absolute Gasteiger partial charge is 0.387 e. The Morgan fingerprint density at radius 2 is 1.88 bits per heavy atom. The molecule has 1 heterocycles. The molecule has 1 aliphatic heterocycles. The van der Waals surface area contributed by atoms with Crippen LogP contribution in [0.3, 0.4) is 0 Å². The number of carbonyl (C=O) groups excluding carboxylic acids is 1. The molecule has 5 heteroatoms. The van der Waals surface area contributed by atoms with Crippen LogP contribution in [0, 0.1) is 0 Å². The molecule has 1 atom stereocenters. The first-order valence-electron chi connectivity index (χ1n) is 8.85. The fourth-order valence-corrected chi connectivity index (χ4v) is 2.87. The number of ether oxygens (including phenoxy) is 1. The second kappa shape index (κ2) is 9.16. The number of carbonyl (C=O) groups is 1. The van der Waals surface area contributed by atoms with Crippen molar-refractivity contribution >= 4 is 5.91 Å². The van der Waals surface area contributed by atoms with Gasteiger partial charge < -0.3 is 15.2 Å². The third kappa shape index (κ3) is 6.59. The summed E-state index contributed by atoms with van der Waals surface area (Å²) in [7, 11) is 0. The standard InChI is InChI=1S/C19H30N2O3/c1-3-16-4-6-17(7-5-16)8-9-18(22)20-14-19(2,23)15-21-10-12-24-13-11-21/h4-7,23H,3,8-15H2,1-2H3,(H,20,22). The molecule has 0 saturated carbocycles. The summed E-state index contributed by atoms with van der Waals surface area (Å²) < 4.78 is 5.31. The van der Waals surface area contributed by atoms with Gasteiger partial charge in [0, 0.05) is 32.6 Å². The molecule has 1 fully saturated rings. The summed E-state index contributed by atoms with van der Waals surface area (Å²) >= 11 is 0. The summed E-state index contributed by atoms with van der Waals surface area (Å²) in [5, 5.41) is 13.3. The topological polar surface area (TPSA) is 61.8 Å². The second-order valence-corrected chi connectivity index (χ2v) is 6.83. The minimum absolute atomic E-state index is 0.0168. The van der Waals surface area contributed by atoms with E-state index >= 15 is 0 Å². The summed E-state index contributed by atoms with van der Waals surface area (Å²) in [4.78, 5) is 14.2. The molecule has 0 radical (unpaired) electrons. The van der Waals surface area contributed by atoms with Gasteiger partial charge in [0.15, 0.2) is 0 Å². The lowest BCUT2D eigenvalue weighted by atomic mass is 10.0. The first kappa shape index (κ1) is 18.9. The Morgan fingerprint density at radius 3 is 2.50 bits per heavy atom. The minimum atomic E-state index is -0.921. The van der Waals surface area contributed by atoms with Gasteiger partial charge in [0.1, 0.15) is 0 Å². The van der Waals surface area contributed by atoms with E-state index in [9.17, 15) is 9.90 Å². The molecule has 24 heavy (non-hydrogen) atoms. The normalized spacial score (nSPS) is 18.1. The number of hydrogen-bond acceptors (Lipinski definition) is 4. The van der Waals surface area contributed by atoms with Crippen LogP contribution in [0.1, 0.15) is 31.4 Å². The van der Waals surface area contributed by atoms with Gasteiger partial charge in [-0.3, -0.25) is 9.69 Å². The highest BCUT2D eigenvalue weighted by molar-refractivity contribution is 5.76. The quantitative estimate of drug-likeness (QED) is 0.754. The highest BCUT2D eigenvalue weighted by Gasteiger charge is 2.25. The number of nitrogens with zero attached hydrogens (tertiary/aromatic N) is 1. The monoisotopic (exact) mass is 334 g/mol. The van der Waals surface area contributed by atoms with E-state index in [1.54, 1.807) is 6.92 Å². The molecule has 0 spiro atoms. The Bertz CT molecular complexity index is 508. The van der Waals surface area contributed by atoms with E-state index in [4.69, 9.17) is 4.74 Å². The van der Waals surface area contributed by atoms with Crippen molar-refractivity contribution in [2.24, 2.45) is 0 Å². The van der Waals surface area contributed by atoms with Crippen molar-refractivity contribution in [2.45, 2.75) is 38.7 Å². The molecule has 1 saturated heterocycles. The molecule has 0 aromatic heterocycles. The van der Waals surface area contributed by atoms with E-state index in [1.807, 2.05) is 0 Å². The van der Waals surface area contributed by atoms with E-state index in [-0.39, 0.29) is 12.5 Å². The van der Waals surface area contributed by atoms with Crippen LogP contribution in [0.2, 0.25) is 0 Å². The van der Waals surface area contributed by atoms with Gasteiger partial charge in [0.2, 0.25) is 5.91 Å². The number of amides is 1. The Labute approximate surface area is 145 Å². The first-order valence-corrected chi connectivity index (χ1v) is 8.85. The number of hydrogen-bond donors (Lipinski definition) is 2. The van der Waals surface area contributed by atoms with Crippen molar-refractivity contribution in [3.63, 3.8) is 0 Å². The average Bonchev–Trinajstić information content (AvgIpc) is 2.59. The SMILES string of the molecule is CCc1ccc(CCC(=O)NCC(C)(O)CN2CCOCC2)cc1. The smallest absolute Gasteiger partial charge is 0.220 e. The molecule has 2 rings (SSSR count). The van der Waals surface area contributed by atoms with E-state index in [0.29, 0.717) is 26.2 Å². The van der Waals surface area contributed by atoms with Crippen molar-refractivity contribution < 1.29 is 14.6 Å². The zero-order valence-corrected chi connectivity index (χ0v) is 14.9. The predicted octanol–water partition coefficient (Wildman–Crippen LogP) is 1.38. The highest BCUT2D eigenvalue weighted by atomic mass is 16.5. The number of β-amino-alcohol motifs (C(OH)–C–C–N with tert-alkyl or cyclic N) is 1. The second-order valence-electron chi connectivity index (χ2n) is 6.83. The maximum Gasteiger partial charge on any atom is 0.220 e. The molecule has 0 bridgehead atoms. The average molecular weight is 334 g/mol.